The normalized spacial score (nSPS) is 12.1. The second kappa shape index (κ2) is 12.3. The Hall–Kier alpha value is -4.07. The van der Waals surface area contributed by atoms with E-state index in [1.807, 2.05) is 104 Å². The molecule has 7 heteroatoms. The number of aromatic nitrogens is 2. The molecular weight excluding hydrogens is 468 g/mol. The van der Waals surface area contributed by atoms with Gasteiger partial charge < -0.3 is 18.9 Å². The summed E-state index contributed by atoms with van der Waals surface area (Å²) in [6, 6.07) is 30.6. The van der Waals surface area contributed by atoms with Crippen LogP contribution in [0.2, 0.25) is 0 Å². The molecule has 0 aliphatic carbocycles. The van der Waals surface area contributed by atoms with Crippen LogP contribution < -0.4 is 4.74 Å². The molecule has 0 radical (unpaired) electrons. The van der Waals surface area contributed by atoms with Crippen molar-refractivity contribution >= 4 is 5.97 Å². The summed E-state index contributed by atoms with van der Waals surface area (Å²) >= 11 is 0. The highest BCUT2D eigenvalue weighted by molar-refractivity contribution is 5.78. The van der Waals surface area contributed by atoms with Crippen molar-refractivity contribution in [2.24, 2.45) is 0 Å². The molecule has 0 spiro atoms. The number of hydrogen-bond donors (Lipinski definition) is 0. The summed E-state index contributed by atoms with van der Waals surface area (Å²) in [5.74, 6) is -0.624. The van der Waals surface area contributed by atoms with Crippen LogP contribution in [0.5, 0.6) is 6.01 Å². The molecule has 0 saturated carbocycles. The van der Waals surface area contributed by atoms with Gasteiger partial charge in [0.1, 0.15) is 0 Å². The number of carbonyl (C=O) groups excluding carboxylic acids is 1. The monoisotopic (exact) mass is 498 g/mol. The summed E-state index contributed by atoms with van der Waals surface area (Å²) in [4.78, 5) is 22.2. The van der Waals surface area contributed by atoms with E-state index in [0.29, 0.717) is 18.0 Å². The molecule has 0 N–H and O–H groups in total. The minimum atomic E-state index is -1.33. The average Bonchev–Trinajstić information content (AvgIpc) is 2.94. The van der Waals surface area contributed by atoms with E-state index in [2.05, 4.69) is 9.97 Å². The number of rotatable bonds is 11. The first kappa shape index (κ1) is 26.0. The molecule has 0 aliphatic rings. The van der Waals surface area contributed by atoms with E-state index in [0.717, 1.165) is 16.7 Å². The van der Waals surface area contributed by atoms with Crippen molar-refractivity contribution in [2.45, 2.75) is 31.8 Å². The molecule has 1 aromatic heterocycles. The van der Waals surface area contributed by atoms with Crippen molar-refractivity contribution in [3.63, 3.8) is 0 Å². The number of hydrogen-bond acceptors (Lipinski definition) is 7. The van der Waals surface area contributed by atoms with Gasteiger partial charge in [0.15, 0.2) is 5.60 Å². The molecule has 190 valence electrons. The second-order valence-corrected chi connectivity index (χ2v) is 8.45. The smallest absolute Gasteiger partial charge is 0.351 e. The summed E-state index contributed by atoms with van der Waals surface area (Å²) in [7, 11) is 2.86. The number of nitrogens with zero attached hydrogens (tertiary/aromatic N) is 2. The molecule has 0 unspecified atom stereocenters. The largest absolute Gasteiger partial charge is 0.466 e. The summed E-state index contributed by atoms with van der Waals surface area (Å²) in [6.45, 7) is 2.53. The zero-order valence-electron chi connectivity index (χ0n) is 21.2. The maximum absolute atomic E-state index is 13.3. The fourth-order valence-corrected chi connectivity index (χ4v) is 4.27. The molecule has 1 heterocycles. The van der Waals surface area contributed by atoms with Gasteiger partial charge in [-0.15, -0.1) is 0 Å². The van der Waals surface area contributed by atoms with Gasteiger partial charge in [-0.1, -0.05) is 91.0 Å². The van der Waals surface area contributed by atoms with E-state index >= 15 is 0 Å². The fraction of sp³-hybridized carbons (Fsp3) is 0.233. The third kappa shape index (κ3) is 6.02. The standard InChI is InChI=1S/C30H30N2O5/c1-22-19-26(21-36-20-23-13-7-4-8-14-23)32-29(31-22)37-27(28(33)34-2)30(35-3,24-15-9-5-10-16-24)25-17-11-6-12-18-25/h4-19,27H,20-21H2,1-3H3/t27-/m1/s1. The van der Waals surface area contributed by atoms with Gasteiger partial charge in [0.2, 0.25) is 6.10 Å². The first-order chi connectivity index (χ1) is 18.1. The number of benzene rings is 3. The summed E-state index contributed by atoms with van der Waals surface area (Å²) in [5, 5.41) is 0. The van der Waals surface area contributed by atoms with Crippen LogP contribution in [-0.2, 0) is 37.8 Å². The highest BCUT2D eigenvalue weighted by Crippen LogP contribution is 2.39. The van der Waals surface area contributed by atoms with Gasteiger partial charge in [0, 0.05) is 12.8 Å². The molecule has 3 aromatic carbocycles. The van der Waals surface area contributed by atoms with Crippen molar-refractivity contribution in [1.29, 1.82) is 0 Å². The van der Waals surface area contributed by atoms with E-state index in [1.54, 1.807) is 7.11 Å². The molecule has 0 saturated heterocycles. The fourth-order valence-electron chi connectivity index (χ4n) is 4.27. The van der Waals surface area contributed by atoms with E-state index in [1.165, 1.54) is 7.11 Å². The lowest BCUT2D eigenvalue weighted by Crippen LogP contribution is -2.51. The Morgan fingerprint density at radius 2 is 1.38 bits per heavy atom. The first-order valence-corrected chi connectivity index (χ1v) is 11.9. The van der Waals surface area contributed by atoms with E-state index in [4.69, 9.17) is 18.9 Å². The predicted molar refractivity (Wildman–Crippen MR) is 139 cm³/mol. The highest BCUT2D eigenvalue weighted by atomic mass is 16.6. The van der Waals surface area contributed by atoms with Gasteiger partial charge in [-0.3, -0.25) is 0 Å². The van der Waals surface area contributed by atoms with Gasteiger partial charge in [-0.2, -0.15) is 4.98 Å². The topological polar surface area (TPSA) is 79.8 Å². The Labute approximate surface area is 217 Å². The maximum Gasteiger partial charge on any atom is 0.351 e. The molecule has 1 atom stereocenters. The van der Waals surface area contributed by atoms with Crippen molar-refractivity contribution in [2.75, 3.05) is 14.2 Å². The van der Waals surface area contributed by atoms with Crippen LogP contribution in [-0.4, -0.2) is 36.3 Å². The first-order valence-electron chi connectivity index (χ1n) is 11.9. The van der Waals surface area contributed by atoms with Crippen molar-refractivity contribution < 1.29 is 23.7 Å². The van der Waals surface area contributed by atoms with E-state index < -0.39 is 17.7 Å². The van der Waals surface area contributed by atoms with Crippen LogP contribution in [0.25, 0.3) is 0 Å². The minimum Gasteiger partial charge on any atom is -0.466 e. The van der Waals surface area contributed by atoms with Crippen LogP contribution in [0.3, 0.4) is 0 Å². The summed E-state index contributed by atoms with van der Waals surface area (Å²) in [6.07, 6.45) is -1.24. The number of carbonyl (C=O) groups is 1. The highest BCUT2D eigenvalue weighted by Gasteiger charge is 2.50. The van der Waals surface area contributed by atoms with Crippen LogP contribution in [0.15, 0.2) is 97.1 Å². The molecule has 0 amide bonds. The molecule has 0 aliphatic heterocycles. The third-order valence-corrected chi connectivity index (χ3v) is 5.98. The average molecular weight is 499 g/mol. The van der Waals surface area contributed by atoms with Crippen molar-refractivity contribution in [3.8, 4) is 6.01 Å². The zero-order valence-corrected chi connectivity index (χ0v) is 21.2. The number of methoxy groups -OCH3 is 2. The van der Waals surface area contributed by atoms with Crippen LogP contribution in [0, 0.1) is 6.92 Å². The molecular formula is C30H30N2O5. The Morgan fingerprint density at radius 1 is 0.811 bits per heavy atom. The molecule has 37 heavy (non-hydrogen) atoms. The quantitative estimate of drug-likeness (QED) is 0.269. The Balaban J connectivity index is 1.68. The summed E-state index contributed by atoms with van der Waals surface area (Å²) < 4.78 is 23.4. The van der Waals surface area contributed by atoms with Crippen molar-refractivity contribution in [1.82, 2.24) is 9.97 Å². The third-order valence-electron chi connectivity index (χ3n) is 5.98. The number of esters is 1. The second-order valence-electron chi connectivity index (χ2n) is 8.45. The van der Waals surface area contributed by atoms with Gasteiger partial charge in [-0.25, -0.2) is 9.78 Å². The van der Waals surface area contributed by atoms with Crippen LogP contribution in [0.1, 0.15) is 28.1 Å². The predicted octanol–water partition coefficient (Wildman–Crippen LogP) is 5.01. The molecule has 7 nitrogen and oxygen atoms in total. The van der Waals surface area contributed by atoms with Gasteiger partial charge in [-0.05, 0) is 29.7 Å². The van der Waals surface area contributed by atoms with Crippen LogP contribution >= 0.6 is 0 Å². The molecule has 4 aromatic rings. The van der Waals surface area contributed by atoms with Gasteiger partial charge in [0.05, 0.1) is 26.0 Å². The zero-order chi connectivity index (χ0) is 26.1. The Bertz CT molecular complexity index is 1240. The van der Waals surface area contributed by atoms with E-state index in [9.17, 15) is 4.79 Å². The SMILES string of the molecule is COC(=O)[C@@H](Oc1nc(C)cc(COCc2ccccc2)n1)C(OC)(c1ccccc1)c1ccccc1. The lowest BCUT2D eigenvalue weighted by Gasteiger charge is -2.38. The Morgan fingerprint density at radius 3 is 1.92 bits per heavy atom. The van der Waals surface area contributed by atoms with Crippen molar-refractivity contribution in [3.05, 3.63) is 125 Å². The molecule has 0 fully saturated rings. The lowest BCUT2D eigenvalue weighted by molar-refractivity contribution is -0.164. The maximum atomic E-state index is 13.3. The molecule has 0 bridgehead atoms. The number of ether oxygens (including phenoxy) is 4. The minimum absolute atomic E-state index is 0.0296. The van der Waals surface area contributed by atoms with Gasteiger partial charge >= 0.3 is 12.0 Å². The van der Waals surface area contributed by atoms with Crippen LogP contribution in [0.4, 0.5) is 0 Å². The van der Waals surface area contributed by atoms with Gasteiger partial charge in [0.25, 0.3) is 0 Å². The number of aryl methyl sites for hydroxylation is 1. The molecule has 4 rings (SSSR count). The summed E-state index contributed by atoms with van der Waals surface area (Å²) in [5.41, 5.74) is 2.48. The van der Waals surface area contributed by atoms with E-state index in [-0.39, 0.29) is 12.6 Å². The Kier molecular flexibility index (Phi) is 8.61. The lowest BCUT2D eigenvalue weighted by atomic mass is 9.81.